The van der Waals surface area contributed by atoms with Gasteiger partial charge in [0, 0.05) is 146 Å². The lowest BCUT2D eigenvalue weighted by Gasteiger charge is -2.47. The van der Waals surface area contributed by atoms with E-state index in [1.807, 2.05) is 27.7 Å². The summed E-state index contributed by atoms with van der Waals surface area (Å²) in [6.07, 6.45) is 17.8. The molecule has 0 spiro atoms. The predicted octanol–water partition coefficient (Wildman–Crippen LogP) is 18.4. The topological polar surface area (TPSA) is 486 Å². The minimum atomic E-state index is -1.37. The molecule has 0 aromatic heterocycles. The third-order valence-corrected chi connectivity index (χ3v) is 29.6. The third-order valence-electron chi connectivity index (χ3n) is 29.6. The number of hydrogen-bond acceptors (Lipinski definition) is 16. The molecule has 772 valence electrons. The molecule has 0 saturated heterocycles. The lowest BCUT2D eigenvalue weighted by molar-refractivity contribution is -0.121. The van der Waals surface area contributed by atoms with Crippen LogP contribution in [0.25, 0.3) is 0 Å². The quantitative estimate of drug-likeness (QED) is 0.0274. The molecule has 5 fully saturated rings. The number of nitrogens with one attached hydrogen (secondary N) is 11. The van der Waals surface area contributed by atoms with Gasteiger partial charge in [-0.1, -0.05) is 145 Å². The van der Waals surface area contributed by atoms with Crippen molar-refractivity contribution < 1.29 is 97.1 Å². The van der Waals surface area contributed by atoms with Crippen molar-refractivity contribution in [2.75, 3.05) is 39.3 Å². The van der Waals surface area contributed by atoms with E-state index in [9.17, 15) is 97.1 Å². The van der Waals surface area contributed by atoms with Gasteiger partial charge in [0.2, 0.25) is 0 Å². The van der Waals surface area contributed by atoms with Crippen LogP contribution in [-0.2, 0) is 24.0 Å². The maximum absolute atomic E-state index is 13.7. The SMILES string of the molecule is CC(CNC(=O)NC1CC(C)(C)CC(C)(CCC(=O)CC(C)CNC(=O)NC2CC(C)(C)CC(C)(CCC(=O)CC(C)CNC(=O)c3cc(C(=O)O)ccc3C(=O)O)C2)C1)CC(=O)CCC1(C)CC(NC(=O)NCC(C)CC(=O)CCC2(C)CC(NC(=O)NCC(C)CC(=O)CCC3(C)CC(NC(=O)NCC(C)CC(=O)c4cc(C(=O)O)ccc4C(=O)O)CC(C)(C)C3)CC(C)(C)C2)CC(C)(C)C1. The van der Waals surface area contributed by atoms with Gasteiger partial charge < -0.3 is 78.9 Å². The first-order valence-electron chi connectivity index (χ1n) is 50.6. The summed E-state index contributed by atoms with van der Waals surface area (Å²) in [6, 6.07) is 4.22. The number of carbonyl (C=O) groups is 16. The van der Waals surface area contributed by atoms with E-state index in [1.54, 1.807) is 13.8 Å². The highest BCUT2D eigenvalue weighted by molar-refractivity contribution is 6.08. The molecule has 31 heteroatoms. The van der Waals surface area contributed by atoms with Crippen molar-refractivity contribution in [3.05, 3.63) is 69.8 Å². The maximum atomic E-state index is 13.7. The Bertz CT molecular complexity index is 4690. The molecule has 2 aromatic rings. The number of urea groups is 5. The Balaban J connectivity index is 0.736. The van der Waals surface area contributed by atoms with Gasteiger partial charge in [0.25, 0.3) is 5.91 Å². The zero-order valence-corrected chi connectivity index (χ0v) is 86.8. The van der Waals surface area contributed by atoms with Crippen LogP contribution < -0.4 is 58.5 Å². The summed E-state index contributed by atoms with van der Waals surface area (Å²) >= 11 is 0. The van der Waals surface area contributed by atoms with Crippen molar-refractivity contribution in [2.24, 2.45) is 89.7 Å². The normalized spacial score (nSPS) is 25.8. The number of benzene rings is 2. The van der Waals surface area contributed by atoms with Crippen LogP contribution in [0.1, 0.15) is 407 Å². The van der Waals surface area contributed by atoms with E-state index in [1.165, 1.54) is 0 Å². The standard InChI is InChI=1S/C107H169N11O20/c1-65(54-108-88(125)86-43-72(90(128)129)23-25-84(86)92(132)133)36-78(119)26-31-103(17)49-73(44-98(7,8)60-103)114-93(134)109-55-66(2)37-79(120)27-32-104(18)50-74(45-99(9,10)61-104)115-94(135)110-56-67(3)38-80(121)28-33-105(19)51-75(46-100(11,12)62-105)116-95(136)111-57-68(4)39-81(122)29-34-106(20)52-76(47-101(13,14)63-106)117-96(137)112-58-69(5)40-82(123)30-35-107(21)53-77(48-102(15,16)64-107)118-97(138)113-59-70(6)41-87(124)85-42-71(89(126)127)22-24-83(85)91(130)131/h22-25,42-43,65-70,73-77H,26-41,44-64H2,1-21H3,(H,108,125)(H,126,127)(H,128,129)(H,130,131)(H,132,133)(H2,109,114,134)(H2,110,115,135)(H2,111,116,136)(H2,112,117,137)(H2,113,118,138). The second-order valence-electron chi connectivity index (χ2n) is 49.5. The van der Waals surface area contributed by atoms with E-state index in [2.05, 4.69) is 162 Å². The number of Topliss-reactive ketones (excluding diaryl/α,β-unsaturated/α-hetero) is 6. The molecule has 5 aliphatic rings. The number of amides is 11. The molecule has 5 saturated carbocycles. The molecule has 5 aliphatic carbocycles. The third kappa shape index (κ3) is 39.3. The minimum absolute atomic E-state index is 0.00937. The van der Waals surface area contributed by atoms with Gasteiger partial charge in [0.15, 0.2) is 5.78 Å². The van der Waals surface area contributed by atoms with Crippen molar-refractivity contribution in [2.45, 2.75) is 375 Å². The van der Waals surface area contributed by atoms with Crippen molar-refractivity contribution in [1.82, 2.24) is 58.5 Å². The summed E-state index contributed by atoms with van der Waals surface area (Å²) in [4.78, 5) is 208. The first-order valence-corrected chi connectivity index (χ1v) is 50.6. The van der Waals surface area contributed by atoms with Crippen LogP contribution in [-0.4, -0.2) is 185 Å². The molecule has 138 heavy (non-hydrogen) atoms. The molecular formula is C107H169N11O20. The fraction of sp³-hybridized carbons (Fsp3) is 0.738. The van der Waals surface area contributed by atoms with E-state index < -0.39 is 47.5 Å². The van der Waals surface area contributed by atoms with E-state index in [-0.39, 0.29) is 233 Å². The van der Waals surface area contributed by atoms with Crippen LogP contribution in [0.4, 0.5) is 24.0 Å². The summed E-state index contributed by atoms with van der Waals surface area (Å²) < 4.78 is 0. The van der Waals surface area contributed by atoms with Gasteiger partial charge in [-0.25, -0.2) is 43.2 Å². The number of rotatable bonds is 50. The molecule has 0 bridgehead atoms. The molecule has 0 radical (unpaired) electrons. The highest BCUT2D eigenvalue weighted by Gasteiger charge is 2.48. The van der Waals surface area contributed by atoms with E-state index in [0.717, 1.165) is 101 Å². The number of hydrogen-bond donors (Lipinski definition) is 15. The number of carboxylic acids is 4. The lowest BCUT2D eigenvalue weighted by atomic mass is 9.61. The summed E-state index contributed by atoms with van der Waals surface area (Å²) in [5.41, 5.74) is -3.27. The van der Waals surface area contributed by atoms with E-state index in [0.29, 0.717) is 142 Å². The summed E-state index contributed by atoms with van der Waals surface area (Å²) in [5.74, 6) is -7.28. The largest absolute Gasteiger partial charge is 0.478 e. The Morgan fingerprint density at radius 2 is 0.471 bits per heavy atom. The van der Waals surface area contributed by atoms with Gasteiger partial charge in [0.05, 0.1) is 27.8 Å². The number of carboxylic acid groups (broad SMARTS) is 4. The van der Waals surface area contributed by atoms with Crippen LogP contribution in [0.5, 0.6) is 0 Å². The van der Waals surface area contributed by atoms with Crippen LogP contribution in [0.2, 0.25) is 0 Å². The van der Waals surface area contributed by atoms with E-state index >= 15 is 0 Å². The Morgan fingerprint density at radius 3 is 0.688 bits per heavy atom. The molecule has 2 aromatic carbocycles. The van der Waals surface area contributed by atoms with Crippen LogP contribution in [0.15, 0.2) is 36.4 Å². The van der Waals surface area contributed by atoms with E-state index in [4.69, 9.17) is 0 Å². The fourth-order valence-corrected chi connectivity index (χ4v) is 25.2. The van der Waals surface area contributed by atoms with Gasteiger partial charge in [-0.3, -0.25) is 33.6 Å². The Hall–Kier alpha value is -9.84. The molecule has 0 aliphatic heterocycles. The molecule has 7 rings (SSSR count). The highest BCUT2D eigenvalue weighted by Crippen LogP contribution is 2.54. The van der Waals surface area contributed by atoms with Crippen molar-refractivity contribution in [3.63, 3.8) is 0 Å². The average Bonchev–Trinajstić information content (AvgIpc) is 0.762. The van der Waals surface area contributed by atoms with Gasteiger partial charge in [-0.2, -0.15) is 0 Å². The van der Waals surface area contributed by atoms with Gasteiger partial charge in [-0.05, 0) is 254 Å². The second kappa shape index (κ2) is 49.0. The number of ketones is 6. The van der Waals surface area contributed by atoms with Crippen LogP contribution >= 0.6 is 0 Å². The van der Waals surface area contributed by atoms with Gasteiger partial charge in [-0.15, -0.1) is 0 Å². The van der Waals surface area contributed by atoms with Crippen molar-refractivity contribution in [3.8, 4) is 0 Å². The average molecular weight is 1930 g/mol. The molecule has 31 nitrogen and oxygen atoms in total. The minimum Gasteiger partial charge on any atom is -0.478 e. The van der Waals surface area contributed by atoms with Crippen molar-refractivity contribution >= 4 is 94.6 Å². The second-order valence-corrected chi connectivity index (χ2v) is 49.5. The number of carbonyl (C=O) groups excluding carboxylic acids is 12. The summed E-state index contributed by atoms with van der Waals surface area (Å²) in [6.45, 7) is 45.5. The molecule has 16 unspecified atom stereocenters. The predicted molar refractivity (Wildman–Crippen MR) is 532 cm³/mol. The molecule has 16 atom stereocenters. The first-order chi connectivity index (χ1) is 63.8. The lowest BCUT2D eigenvalue weighted by Crippen LogP contribution is -2.50. The van der Waals surface area contributed by atoms with Crippen LogP contribution in [0, 0.1) is 89.7 Å². The monoisotopic (exact) mass is 1930 g/mol. The zero-order valence-electron chi connectivity index (χ0n) is 86.8. The van der Waals surface area contributed by atoms with Crippen molar-refractivity contribution in [1.29, 1.82) is 0 Å². The Labute approximate surface area is 819 Å². The molecule has 11 amide bonds. The smallest absolute Gasteiger partial charge is 0.336 e. The Morgan fingerprint density at radius 1 is 0.268 bits per heavy atom. The van der Waals surface area contributed by atoms with Gasteiger partial charge >= 0.3 is 54.0 Å². The Kier molecular flexibility index (Phi) is 40.9. The van der Waals surface area contributed by atoms with Gasteiger partial charge in [0.1, 0.15) is 28.9 Å². The summed E-state index contributed by atoms with van der Waals surface area (Å²) in [7, 11) is 0. The highest BCUT2D eigenvalue weighted by atomic mass is 16.4. The fourth-order valence-electron chi connectivity index (χ4n) is 25.2. The first kappa shape index (κ1) is 115. The number of aromatic carboxylic acids is 4. The molecular weight excluding hydrogens is 1760 g/mol. The molecule has 15 N–H and O–H groups in total. The molecule has 0 heterocycles. The van der Waals surface area contributed by atoms with Crippen LogP contribution in [0.3, 0.4) is 0 Å². The maximum Gasteiger partial charge on any atom is 0.336 e. The summed E-state index contributed by atoms with van der Waals surface area (Å²) in [5, 5.41) is 71.6. The zero-order chi connectivity index (χ0) is 103.